The van der Waals surface area contributed by atoms with E-state index in [1.54, 1.807) is 11.8 Å². The quantitative estimate of drug-likeness (QED) is 0.757. The first kappa shape index (κ1) is 17.5. The normalized spacial score (nSPS) is 13.2. The summed E-state index contributed by atoms with van der Waals surface area (Å²) in [5.41, 5.74) is -0.0787. The van der Waals surface area contributed by atoms with Crippen LogP contribution in [0.4, 0.5) is 0 Å². The molecule has 0 bridgehead atoms. The standard InChI is InChI=1S/C12H16BrNO4S2/c1-8(7-19-2)6-14-20(17,18)9-3-4-11(13)10(5-9)12(15)16/h3-5,8,14H,6-7H2,1-2H3,(H,15,16). The predicted molar refractivity (Wildman–Crippen MR) is 83.8 cm³/mol. The average molecular weight is 382 g/mol. The molecule has 112 valence electrons. The fourth-order valence-electron chi connectivity index (χ4n) is 1.51. The van der Waals surface area contributed by atoms with Gasteiger partial charge in [-0.1, -0.05) is 6.92 Å². The molecule has 0 aromatic heterocycles. The fraction of sp³-hybridized carbons (Fsp3) is 0.417. The van der Waals surface area contributed by atoms with E-state index in [4.69, 9.17) is 5.11 Å². The van der Waals surface area contributed by atoms with E-state index in [-0.39, 0.29) is 16.4 Å². The van der Waals surface area contributed by atoms with Crippen LogP contribution in [0.5, 0.6) is 0 Å². The van der Waals surface area contributed by atoms with Gasteiger partial charge in [-0.05, 0) is 52.1 Å². The zero-order valence-corrected chi connectivity index (χ0v) is 14.3. The van der Waals surface area contributed by atoms with E-state index >= 15 is 0 Å². The number of halogens is 1. The van der Waals surface area contributed by atoms with Crippen molar-refractivity contribution in [2.75, 3.05) is 18.6 Å². The lowest BCUT2D eigenvalue weighted by atomic mass is 10.2. The van der Waals surface area contributed by atoms with Gasteiger partial charge in [-0.15, -0.1) is 0 Å². The Balaban J connectivity index is 2.93. The minimum atomic E-state index is -3.69. The van der Waals surface area contributed by atoms with Gasteiger partial charge in [0.1, 0.15) is 0 Å². The first-order valence-electron chi connectivity index (χ1n) is 5.79. The Morgan fingerprint density at radius 3 is 2.70 bits per heavy atom. The maximum absolute atomic E-state index is 12.1. The van der Waals surface area contributed by atoms with Crippen LogP contribution in [-0.4, -0.2) is 38.0 Å². The molecule has 0 aliphatic rings. The monoisotopic (exact) mass is 381 g/mol. The van der Waals surface area contributed by atoms with E-state index in [1.165, 1.54) is 12.1 Å². The zero-order valence-electron chi connectivity index (χ0n) is 11.1. The van der Waals surface area contributed by atoms with E-state index in [1.807, 2.05) is 13.2 Å². The van der Waals surface area contributed by atoms with Crippen LogP contribution in [0, 0.1) is 5.92 Å². The first-order chi connectivity index (χ1) is 9.27. The van der Waals surface area contributed by atoms with Gasteiger partial charge in [-0.25, -0.2) is 17.9 Å². The predicted octanol–water partition coefficient (Wildman–Crippen LogP) is 2.42. The second-order valence-corrected chi connectivity index (χ2v) is 7.89. The third kappa shape index (κ3) is 4.76. The Morgan fingerprint density at radius 1 is 1.50 bits per heavy atom. The summed E-state index contributed by atoms with van der Waals surface area (Å²) in [4.78, 5) is 11.0. The van der Waals surface area contributed by atoms with E-state index in [2.05, 4.69) is 20.7 Å². The van der Waals surface area contributed by atoms with E-state index in [0.29, 0.717) is 11.0 Å². The van der Waals surface area contributed by atoms with Gasteiger partial charge < -0.3 is 5.11 Å². The maximum atomic E-state index is 12.1. The minimum Gasteiger partial charge on any atom is -0.478 e. The molecule has 20 heavy (non-hydrogen) atoms. The lowest BCUT2D eigenvalue weighted by molar-refractivity contribution is 0.0695. The molecule has 1 aromatic carbocycles. The molecule has 0 heterocycles. The zero-order chi connectivity index (χ0) is 15.3. The second kappa shape index (κ2) is 7.44. The largest absolute Gasteiger partial charge is 0.478 e. The Bertz CT molecular complexity index is 589. The van der Waals surface area contributed by atoms with Crippen LogP contribution in [0.2, 0.25) is 0 Å². The molecule has 0 aliphatic heterocycles. The molecule has 0 saturated heterocycles. The lowest BCUT2D eigenvalue weighted by Gasteiger charge is -2.12. The molecule has 0 saturated carbocycles. The third-order valence-corrected chi connectivity index (χ3v) is 5.57. The van der Waals surface area contributed by atoms with Crippen molar-refractivity contribution in [1.82, 2.24) is 4.72 Å². The molecular weight excluding hydrogens is 366 g/mol. The van der Waals surface area contributed by atoms with Crippen LogP contribution in [0.25, 0.3) is 0 Å². The number of benzene rings is 1. The number of thioether (sulfide) groups is 1. The highest BCUT2D eigenvalue weighted by Crippen LogP contribution is 2.21. The molecule has 2 N–H and O–H groups in total. The average Bonchev–Trinajstić information content (AvgIpc) is 2.37. The molecule has 8 heteroatoms. The van der Waals surface area contributed by atoms with Gasteiger partial charge in [0.2, 0.25) is 10.0 Å². The van der Waals surface area contributed by atoms with E-state index in [9.17, 15) is 13.2 Å². The van der Waals surface area contributed by atoms with Crippen LogP contribution < -0.4 is 4.72 Å². The number of sulfonamides is 1. The molecule has 0 spiro atoms. The summed E-state index contributed by atoms with van der Waals surface area (Å²) in [7, 11) is -3.69. The van der Waals surface area contributed by atoms with Gasteiger partial charge in [-0.3, -0.25) is 0 Å². The summed E-state index contributed by atoms with van der Waals surface area (Å²) < 4.78 is 27.0. The van der Waals surface area contributed by atoms with Crippen molar-refractivity contribution < 1.29 is 18.3 Å². The van der Waals surface area contributed by atoms with Crippen molar-refractivity contribution in [3.8, 4) is 0 Å². The smallest absolute Gasteiger partial charge is 0.336 e. The van der Waals surface area contributed by atoms with Gasteiger partial charge in [0.15, 0.2) is 0 Å². The Kier molecular flexibility index (Phi) is 6.50. The number of carboxylic acids is 1. The topological polar surface area (TPSA) is 83.5 Å². The molecule has 0 amide bonds. The number of hydrogen-bond acceptors (Lipinski definition) is 4. The second-order valence-electron chi connectivity index (χ2n) is 4.36. The van der Waals surface area contributed by atoms with Crippen molar-refractivity contribution in [2.24, 2.45) is 5.92 Å². The van der Waals surface area contributed by atoms with Crippen LogP contribution >= 0.6 is 27.7 Å². The number of carboxylic acid groups (broad SMARTS) is 1. The highest BCUT2D eigenvalue weighted by atomic mass is 79.9. The molecule has 0 aliphatic carbocycles. The number of nitrogens with one attached hydrogen (secondary N) is 1. The van der Waals surface area contributed by atoms with Crippen molar-refractivity contribution in [3.63, 3.8) is 0 Å². The fourth-order valence-corrected chi connectivity index (χ4v) is 3.81. The van der Waals surface area contributed by atoms with Crippen molar-refractivity contribution in [3.05, 3.63) is 28.2 Å². The minimum absolute atomic E-state index is 0.0468. The summed E-state index contributed by atoms with van der Waals surface area (Å²) in [5, 5.41) is 9.00. The molecular formula is C12H16BrNO4S2. The van der Waals surface area contributed by atoms with Gasteiger partial charge in [-0.2, -0.15) is 11.8 Å². The van der Waals surface area contributed by atoms with Crippen molar-refractivity contribution >= 4 is 43.7 Å². The summed E-state index contributed by atoms with van der Waals surface area (Å²) in [6.07, 6.45) is 1.96. The summed E-state index contributed by atoms with van der Waals surface area (Å²) in [6.45, 7) is 2.27. The number of hydrogen-bond donors (Lipinski definition) is 2. The third-order valence-electron chi connectivity index (χ3n) is 2.55. The van der Waals surface area contributed by atoms with Crippen LogP contribution in [0.15, 0.2) is 27.6 Å². The van der Waals surface area contributed by atoms with Crippen LogP contribution in [0.1, 0.15) is 17.3 Å². The maximum Gasteiger partial charge on any atom is 0.336 e. The highest BCUT2D eigenvalue weighted by molar-refractivity contribution is 9.10. The van der Waals surface area contributed by atoms with Gasteiger partial charge in [0.25, 0.3) is 0 Å². The lowest BCUT2D eigenvalue weighted by Crippen LogP contribution is -2.29. The van der Waals surface area contributed by atoms with Crippen molar-refractivity contribution in [1.29, 1.82) is 0 Å². The molecule has 1 aromatic rings. The van der Waals surface area contributed by atoms with Gasteiger partial charge in [0.05, 0.1) is 10.5 Å². The molecule has 1 atom stereocenters. The Morgan fingerprint density at radius 2 is 2.15 bits per heavy atom. The van der Waals surface area contributed by atoms with E-state index < -0.39 is 16.0 Å². The molecule has 1 rings (SSSR count). The van der Waals surface area contributed by atoms with E-state index in [0.717, 1.165) is 11.8 Å². The summed E-state index contributed by atoms with van der Waals surface area (Å²) in [5.74, 6) is -0.123. The number of rotatable bonds is 7. The molecule has 1 unspecified atom stereocenters. The van der Waals surface area contributed by atoms with Crippen LogP contribution in [0.3, 0.4) is 0 Å². The van der Waals surface area contributed by atoms with Crippen molar-refractivity contribution in [2.45, 2.75) is 11.8 Å². The Labute approximate surface area is 131 Å². The van der Waals surface area contributed by atoms with Gasteiger partial charge >= 0.3 is 5.97 Å². The Hall–Kier alpha value is -0.570. The first-order valence-corrected chi connectivity index (χ1v) is 9.46. The summed E-state index contributed by atoms with van der Waals surface area (Å²) >= 11 is 4.73. The van der Waals surface area contributed by atoms with Gasteiger partial charge in [0, 0.05) is 11.0 Å². The number of aromatic carboxylic acids is 1. The molecule has 0 fully saturated rings. The summed E-state index contributed by atoms with van der Waals surface area (Å²) in [6, 6.07) is 3.94. The van der Waals surface area contributed by atoms with Crippen LogP contribution in [-0.2, 0) is 10.0 Å². The molecule has 0 radical (unpaired) electrons. The molecule has 5 nitrogen and oxygen atoms in total. The number of carbonyl (C=O) groups is 1. The highest BCUT2D eigenvalue weighted by Gasteiger charge is 2.18. The SMILES string of the molecule is CSCC(C)CNS(=O)(=O)c1ccc(Br)c(C(=O)O)c1.